The molecule has 0 amide bonds. The van der Waals surface area contributed by atoms with Crippen LogP contribution in [0.2, 0.25) is 0 Å². The Morgan fingerprint density at radius 2 is 2.32 bits per heavy atom. The number of benzene rings is 1. The normalized spacial score (nSPS) is 10.2. The van der Waals surface area contributed by atoms with Crippen LogP contribution in [0.3, 0.4) is 0 Å². The summed E-state index contributed by atoms with van der Waals surface area (Å²) in [7, 11) is 0. The van der Waals surface area contributed by atoms with Crippen LogP contribution in [0.4, 0.5) is 5.69 Å². The van der Waals surface area contributed by atoms with E-state index in [0.717, 1.165) is 11.3 Å². The molecule has 0 fully saturated rings. The molecule has 2 rings (SSSR count). The van der Waals surface area contributed by atoms with Gasteiger partial charge in [0.15, 0.2) is 5.11 Å². The number of rotatable bonds is 4. The molecule has 19 heavy (non-hydrogen) atoms. The van der Waals surface area contributed by atoms with Gasteiger partial charge in [-0.15, -0.1) is 5.10 Å². The molecule has 1 aromatic heterocycles. The predicted octanol–water partition coefficient (Wildman–Crippen LogP) is 1.68. The number of nitrogens with zero attached hydrogens (tertiary/aromatic N) is 1. The summed E-state index contributed by atoms with van der Waals surface area (Å²) >= 11 is 9.90. The van der Waals surface area contributed by atoms with E-state index in [1.807, 2.05) is 24.3 Å². The summed E-state index contributed by atoms with van der Waals surface area (Å²) in [6.45, 7) is 0.426. The van der Waals surface area contributed by atoms with Crippen molar-refractivity contribution in [2.24, 2.45) is 0 Å². The molecule has 4 N–H and O–H groups in total. The minimum Gasteiger partial charge on any atom is -0.409 e. The van der Waals surface area contributed by atoms with Gasteiger partial charge in [0, 0.05) is 17.8 Å². The van der Waals surface area contributed by atoms with Crippen LogP contribution < -0.4 is 10.6 Å². The zero-order valence-electron chi connectivity index (χ0n) is 9.84. The molecule has 0 atom stereocenters. The van der Waals surface area contributed by atoms with Crippen LogP contribution in [0.5, 0.6) is 0 Å². The first-order valence-corrected chi connectivity index (χ1v) is 6.32. The van der Waals surface area contributed by atoms with E-state index >= 15 is 0 Å². The average molecular weight is 296 g/mol. The molecule has 0 unspecified atom stereocenters. The Kier molecular flexibility index (Phi) is 4.61. The minimum absolute atomic E-state index is 0.0234. The minimum atomic E-state index is 0.0234. The fraction of sp³-hybridized carbons (Fsp3) is 0.182. The molecule has 8 heteroatoms. The number of H-pyrrole nitrogens is 1. The maximum Gasteiger partial charge on any atom is 0.284 e. The van der Waals surface area contributed by atoms with E-state index in [1.54, 1.807) is 0 Å². The first-order chi connectivity index (χ1) is 9.19. The molecular formula is C11H12N4O2S2. The second kappa shape index (κ2) is 6.41. The molecule has 100 valence electrons. The third kappa shape index (κ3) is 3.85. The van der Waals surface area contributed by atoms with Crippen molar-refractivity contribution in [1.82, 2.24) is 15.5 Å². The molecule has 0 bridgehead atoms. The molecule has 0 aliphatic heterocycles. The lowest BCUT2D eigenvalue weighted by molar-refractivity contribution is 0.301. The summed E-state index contributed by atoms with van der Waals surface area (Å²) in [6, 6.07) is 7.39. The van der Waals surface area contributed by atoms with Crippen LogP contribution in [0.15, 0.2) is 28.7 Å². The van der Waals surface area contributed by atoms with E-state index in [9.17, 15) is 0 Å². The highest BCUT2D eigenvalue weighted by Crippen LogP contribution is 2.20. The third-order valence-electron chi connectivity index (χ3n) is 2.20. The van der Waals surface area contributed by atoms with Crippen molar-refractivity contribution < 1.29 is 9.52 Å². The van der Waals surface area contributed by atoms with Gasteiger partial charge in [-0.1, -0.05) is 6.07 Å². The van der Waals surface area contributed by atoms with Crippen LogP contribution in [-0.2, 0) is 0 Å². The number of aliphatic hydroxyl groups excluding tert-OH is 1. The van der Waals surface area contributed by atoms with E-state index < -0.39 is 0 Å². The van der Waals surface area contributed by atoms with Gasteiger partial charge in [0.25, 0.3) is 4.84 Å². The summed E-state index contributed by atoms with van der Waals surface area (Å²) in [6.07, 6.45) is 0. The van der Waals surface area contributed by atoms with E-state index in [0.29, 0.717) is 17.5 Å². The number of aromatic amines is 1. The molecule has 1 heterocycles. The van der Waals surface area contributed by atoms with Crippen molar-refractivity contribution in [1.29, 1.82) is 0 Å². The van der Waals surface area contributed by atoms with Crippen molar-refractivity contribution in [3.63, 3.8) is 0 Å². The standard InChI is InChI=1S/C11H12N4O2S2/c16-5-4-12-10(18)13-8-3-1-2-7(6-8)9-14-15-11(19)17-9/h1-3,6,16H,4-5H2,(H,15,19)(H2,12,13,18). The Labute approximate surface area is 119 Å². The van der Waals surface area contributed by atoms with Crippen molar-refractivity contribution >= 4 is 35.2 Å². The van der Waals surface area contributed by atoms with Gasteiger partial charge in [-0.25, -0.2) is 5.10 Å². The van der Waals surface area contributed by atoms with Gasteiger partial charge >= 0.3 is 0 Å². The van der Waals surface area contributed by atoms with Crippen molar-refractivity contribution in [3.8, 4) is 11.5 Å². The van der Waals surface area contributed by atoms with Crippen LogP contribution in [-0.4, -0.2) is 33.6 Å². The molecule has 1 aromatic carbocycles. The zero-order valence-corrected chi connectivity index (χ0v) is 11.5. The highest BCUT2D eigenvalue weighted by atomic mass is 32.1. The molecule has 6 nitrogen and oxygen atoms in total. The molecule has 0 spiro atoms. The molecule has 0 saturated heterocycles. The van der Waals surface area contributed by atoms with Crippen LogP contribution in [0.1, 0.15) is 0 Å². The Hall–Kier alpha value is -1.77. The molecule has 0 radical (unpaired) electrons. The maximum absolute atomic E-state index is 8.69. The van der Waals surface area contributed by atoms with Gasteiger partial charge in [0.05, 0.1) is 6.61 Å². The highest BCUT2D eigenvalue weighted by Gasteiger charge is 2.05. The third-order valence-corrected chi connectivity index (χ3v) is 2.62. The van der Waals surface area contributed by atoms with Gasteiger partial charge in [-0.3, -0.25) is 0 Å². The largest absolute Gasteiger partial charge is 0.409 e. The molecule has 0 aliphatic rings. The van der Waals surface area contributed by atoms with Gasteiger partial charge in [0.2, 0.25) is 5.89 Å². The number of aliphatic hydroxyl groups is 1. The summed E-state index contributed by atoms with van der Waals surface area (Å²) < 4.78 is 5.23. The lowest BCUT2D eigenvalue weighted by Gasteiger charge is -2.09. The fourth-order valence-corrected chi connectivity index (χ4v) is 1.77. The zero-order chi connectivity index (χ0) is 13.7. The van der Waals surface area contributed by atoms with Crippen molar-refractivity contribution in [3.05, 3.63) is 29.1 Å². The van der Waals surface area contributed by atoms with Crippen molar-refractivity contribution in [2.75, 3.05) is 18.5 Å². The first-order valence-electron chi connectivity index (χ1n) is 5.50. The van der Waals surface area contributed by atoms with Gasteiger partial charge in [0.1, 0.15) is 0 Å². The lowest BCUT2D eigenvalue weighted by atomic mass is 10.2. The van der Waals surface area contributed by atoms with Crippen LogP contribution in [0.25, 0.3) is 11.5 Å². The van der Waals surface area contributed by atoms with Gasteiger partial charge in [-0.05, 0) is 42.6 Å². The topological polar surface area (TPSA) is 86.1 Å². The summed E-state index contributed by atoms with van der Waals surface area (Å²) in [5, 5.41) is 21.5. The lowest BCUT2D eigenvalue weighted by Crippen LogP contribution is -2.30. The molecule has 2 aromatic rings. The molecular weight excluding hydrogens is 284 g/mol. The number of aromatic nitrogens is 2. The smallest absolute Gasteiger partial charge is 0.284 e. The molecule has 0 saturated carbocycles. The SMILES string of the molecule is OCCNC(=S)Nc1cccc(-c2n[nH]c(=S)o2)c1. The van der Waals surface area contributed by atoms with E-state index in [2.05, 4.69) is 20.8 Å². The van der Waals surface area contributed by atoms with E-state index in [4.69, 9.17) is 34.0 Å². The Balaban J connectivity index is 2.11. The van der Waals surface area contributed by atoms with Crippen LogP contribution in [0, 0.1) is 4.84 Å². The van der Waals surface area contributed by atoms with Crippen molar-refractivity contribution in [2.45, 2.75) is 0 Å². The number of thiocarbonyl (C=S) groups is 1. The molecule has 0 aliphatic carbocycles. The summed E-state index contributed by atoms with van der Waals surface area (Å²) in [5.74, 6) is 0.419. The van der Waals surface area contributed by atoms with Gasteiger partial charge in [-0.2, -0.15) is 0 Å². The summed E-state index contributed by atoms with van der Waals surface area (Å²) in [5.41, 5.74) is 1.57. The average Bonchev–Trinajstić information content (AvgIpc) is 2.83. The number of hydrogen-bond acceptors (Lipinski definition) is 5. The number of nitrogens with one attached hydrogen (secondary N) is 3. The first kappa shape index (κ1) is 13.7. The van der Waals surface area contributed by atoms with Gasteiger partial charge < -0.3 is 20.2 Å². The second-order valence-corrected chi connectivity index (χ2v) is 4.38. The monoisotopic (exact) mass is 296 g/mol. The second-order valence-electron chi connectivity index (χ2n) is 3.60. The Morgan fingerprint density at radius 1 is 1.47 bits per heavy atom. The predicted molar refractivity (Wildman–Crippen MR) is 78.4 cm³/mol. The summed E-state index contributed by atoms with van der Waals surface area (Å²) in [4.78, 5) is 0.230. The number of anilines is 1. The fourth-order valence-electron chi connectivity index (χ4n) is 1.43. The number of hydrogen-bond donors (Lipinski definition) is 4. The van der Waals surface area contributed by atoms with Crippen LogP contribution >= 0.6 is 24.4 Å². The Bertz CT molecular complexity index is 623. The van der Waals surface area contributed by atoms with E-state index in [-0.39, 0.29) is 11.4 Å². The highest BCUT2D eigenvalue weighted by molar-refractivity contribution is 7.80. The maximum atomic E-state index is 8.69. The van der Waals surface area contributed by atoms with E-state index in [1.165, 1.54) is 0 Å². The Morgan fingerprint density at radius 3 is 3.00 bits per heavy atom. The quantitative estimate of drug-likeness (QED) is 0.639.